The molecule has 0 aromatic heterocycles. The summed E-state index contributed by atoms with van der Waals surface area (Å²) in [6, 6.07) is 14.6. The van der Waals surface area contributed by atoms with Crippen molar-refractivity contribution in [3.63, 3.8) is 0 Å². The van der Waals surface area contributed by atoms with Gasteiger partial charge in [-0.15, -0.1) is 0 Å². The van der Waals surface area contributed by atoms with Gasteiger partial charge in [-0.1, -0.05) is 30.3 Å². The number of nitrogens with one attached hydrogen (secondary N) is 1. The number of esters is 1. The molecule has 1 aliphatic heterocycles. The average molecular weight is 398 g/mol. The molecule has 1 heterocycles. The summed E-state index contributed by atoms with van der Waals surface area (Å²) in [5, 5.41) is 3.60. The second-order valence-electron chi connectivity index (χ2n) is 7.36. The highest BCUT2D eigenvalue weighted by atomic mass is 32.2. The van der Waals surface area contributed by atoms with Crippen molar-refractivity contribution in [1.82, 2.24) is 0 Å². The predicted molar refractivity (Wildman–Crippen MR) is 118 cm³/mol. The third-order valence-electron chi connectivity index (χ3n) is 4.71. The maximum atomic E-state index is 11.4. The Labute approximate surface area is 171 Å². The molecule has 0 bridgehead atoms. The minimum atomic E-state index is -0.161. The molecule has 0 aliphatic carbocycles. The number of fused-ring (bicyclic) bond motifs is 1. The van der Waals surface area contributed by atoms with E-state index in [0.29, 0.717) is 6.42 Å². The van der Waals surface area contributed by atoms with Gasteiger partial charge in [0.25, 0.3) is 0 Å². The molecule has 0 unspecified atom stereocenters. The molecule has 2 aromatic rings. The van der Waals surface area contributed by atoms with Crippen LogP contribution in [0.3, 0.4) is 0 Å². The molecule has 28 heavy (non-hydrogen) atoms. The van der Waals surface area contributed by atoms with E-state index in [0.717, 1.165) is 34.1 Å². The van der Waals surface area contributed by atoms with Gasteiger partial charge in [-0.25, -0.2) is 0 Å². The molecule has 3 rings (SSSR count). The molecule has 0 fully saturated rings. The summed E-state index contributed by atoms with van der Waals surface area (Å²) in [6.07, 6.45) is 2.72. The monoisotopic (exact) mass is 397 g/mol. The number of thioether (sulfide) groups is 1. The summed E-state index contributed by atoms with van der Waals surface area (Å²) >= 11 is 1.76. The van der Waals surface area contributed by atoms with E-state index in [1.807, 2.05) is 18.2 Å². The number of methoxy groups -OCH3 is 2. The average Bonchev–Trinajstić information content (AvgIpc) is 2.69. The minimum absolute atomic E-state index is 0.114. The molecule has 4 nitrogen and oxygen atoms in total. The highest BCUT2D eigenvalue weighted by Gasteiger charge is 2.24. The quantitative estimate of drug-likeness (QED) is 0.511. The van der Waals surface area contributed by atoms with Gasteiger partial charge >= 0.3 is 5.97 Å². The van der Waals surface area contributed by atoms with Crippen LogP contribution in [0.5, 0.6) is 5.75 Å². The second-order valence-corrected chi connectivity index (χ2v) is 8.46. The zero-order chi connectivity index (χ0) is 20.1. The van der Waals surface area contributed by atoms with Gasteiger partial charge in [0.1, 0.15) is 5.75 Å². The molecule has 2 aromatic carbocycles. The van der Waals surface area contributed by atoms with Gasteiger partial charge in [0, 0.05) is 28.3 Å². The Hall–Kier alpha value is -2.40. The Morgan fingerprint density at radius 1 is 1.11 bits per heavy atom. The van der Waals surface area contributed by atoms with Crippen LogP contribution in [0.1, 0.15) is 25.8 Å². The van der Waals surface area contributed by atoms with Crippen molar-refractivity contribution in [2.24, 2.45) is 0 Å². The first kappa shape index (κ1) is 20.3. The van der Waals surface area contributed by atoms with E-state index in [9.17, 15) is 4.79 Å². The second kappa shape index (κ2) is 8.74. The van der Waals surface area contributed by atoms with Crippen LogP contribution in [0.2, 0.25) is 0 Å². The van der Waals surface area contributed by atoms with Crippen molar-refractivity contribution >= 4 is 29.0 Å². The number of anilines is 1. The number of ether oxygens (including phenoxy) is 2. The third-order valence-corrected chi connectivity index (χ3v) is 5.72. The van der Waals surface area contributed by atoms with Crippen LogP contribution >= 0.6 is 11.8 Å². The van der Waals surface area contributed by atoms with E-state index < -0.39 is 0 Å². The molecule has 0 atom stereocenters. The summed E-state index contributed by atoms with van der Waals surface area (Å²) in [7, 11) is 3.13. The number of hydrogen-bond donors (Lipinski definition) is 1. The van der Waals surface area contributed by atoms with Gasteiger partial charge < -0.3 is 14.8 Å². The molecule has 1 aliphatic rings. The molecule has 0 spiro atoms. The lowest BCUT2D eigenvalue weighted by atomic mass is 9.89. The predicted octanol–water partition coefficient (Wildman–Crippen LogP) is 5.25. The first-order valence-corrected chi connectivity index (χ1v) is 10.5. The maximum absolute atomic E-state index is 11.4. The number of rotatable bonds is 7. The van der Waals surface area contributed by atoms with Gasteiger partial charge in [-0.3, -0.25) is 4.79 Å². The maximum Gasteiger partial charge on any atom is 0.306 e. The van der Waals surface area contributed by atoms with Crippen LogP contribution in [-0.2, 0) is 9.53 Å². The van der Waals surface area contributed by atoms with E-state index in [1.165, 1.54) is 18.2 Å². The summed E-state index contributed by atoms with van der Waals surface area (Å²) in [5.74, 6) is 2.31. The Bertz CT molecular complexity index is 889. The van der Waals surface area contributed by atoms with Crippen molar-refractivity contribution in [3.05, 3.63) is 54.1 Å². The van der Waals surface area contributed by atoms with Crippen LogP contribution in [0.4, 0.5) is 5.69 Å². The largest absolute Gasteiger partial charge is 0.496 e. The van der Waals surface area contributed by atoms with E-state index in [4.69, 9.17) is 9.47 Å². The summed E-state index contributed by atoms with van der Waals surface area (Å²) < 4.78 is 10.3. The molecule has 0 amide bonds. The summed E-state index contributed by atoms with van der Waals surface area (Å²) in [4.78, 5) is 11.4. The highest BCUT2D eigenvalue weighted by Crippen LogP contribution is 2.39. The number of benzene rings is 2. The Kier molecular flexibility index (Phi) is 6.35. The minimum Gasteiger partial charge on any atom is -0.496 e. The Morgan fingerprint density at radius 2 is 1.89 bits per heavy atom. The van der Waals surface area contributed by atoms with Crippen molar-refractivity contribution in [3.8, 4) is 16.9 Å². The molecule has 5 heteroatoms. The molecular formula is C23H27NO3S. The summed E-state index contributed by atoms with van der Waals surface area (Å²) in [5.41, 5.74) is 5.71. The zero-order valence-electron chi connectivity index (χ0n) is 16.9. The first-order chi connectivity index (χ1) is 13.4. The van der Waals surface area contributed by atoms with Crippen molar-refractivity contribution < 1.29 is 14.3 Å². The van der Waals surface area contributed by atoms with Gasteiger partial charge in [0.2, 0.25) is 0 Å². The number of para-hydroxylation sites is 1. The molecule has 0 saturated carbocycles. The SMILES string of the molecule is COC(=O)CCSCC1=CC(C)(C)Nc2ccc(-c3ccccc3OC)cc21. The van der Waals surface area contributed by atoms with Crippen molar-refractivity contribution in [1.29, 1.82) is 0 Å². The normalized spacial score (nSPS) is 14.5. The fraction of sp³-hybridized carbons (Fsp3) is 0.348. The van der Waals surface area contributed by atoms with Crippen molar-refractivity contribution in [2.75, 3.05) is 31.0 Å². The van der Waals surface area contributed by atoms with E-state index in [1.54, 1.807) is 18.9 Å². The number of carbonyl (C=O) groups is 1. The molecular weight excluding hydrogens is 370 g/mol. The number of hydrogen-bond acceptors (Lipinski definition) is 5. The highest BCUT2D eigenvalue weighted by molar-refractivity contribution is 7.99. The lowest BCUT2D eigenvalue weighted by molar-refractivity contribution is -0.140. The fourth-order valence-corrected chi connectivity index (χ4v) is 4.34. The van der Waals surface area contributed by atoms with Crippen LogP contribution in [-0.4, -0.2) is 37.2 Å². The summed E-state index contributed by atoms with van der Waals surface area (Å²) in [6.45, 7) is 4.34. The standard InChI is InChI=1S/C23H27NO3S/c1-23(2)14-17(15-28-12-11-22(25)27-4)19-13-16(9-10-20(19)24-23)18-7-5-6-8-21(18)26-3/h5-10,13-14,24H,11-12,15H2,1-4H3. The van der Waals surface area contributed by atoms with Gasteiger partial charge in [-0.05, 0) is 43.2 Å². The Balaban J connectivity index is 1.88. The smallest absolute Gasteiger partial charge is 0.306 e. The fourth-order valence-electron chi connectivity index (χ4n) is 3.43. The molecule has 1 N–H and O–H groups in total. The lowest BCUT2D eigenvalue weighted by Gasteiger charge is -2.32. The van der Waals surface area contributed by atoms with E-state index in [2.05, 4.69) is 49.5 Å². The zero-order valence-corrected chi connectivity index (χ0v) is 17.7. The van der Waals surface area contributed by atoms with Crippen LogP contribution < -0.4 is 10.1 Å². The van der Waals surface area contributed by atoms with Crippen LogP contribution in [0, 0.1) is 0 Å². The molecule has 0 radical (unpaired) electrons. The molecule has 0 saturated heterocycles. The van der Waals surface area contributed by atoms with E-state index in [-0.39, 0.29) is 11.5 Å². The lowest BCUT2D eigenvalue weighted by Crippen LogP contribution is -2.32. The number of carbonyl (C=O) groups excluding carboxylic acids is 1. The third kappa shape index (κ3) is 4.71. The topological polar surface area (TPSA) is 47.6 Å². The first-order valence-electron chi connectivity index (χ1n) is 9.36. The van der Waals surface area contributed by atoms with Gasteiger partial charge in [0.15, 0.2) is 0 Å². The molecule has 148 valence electrons. The van der Waals surface area contributed by atoms with Gasteiger partial charge in [-0.2, -0.15) is 11.8 Å². The van der Waals surface area contributed by atoms with Crippen LogP contribution in [0.25, 0.3) is 16.7 Å². The van der Waals surface area contributed by atoms with E-state index >= 15 is 0 Å². The van der Waals surface area contributed by atoms with Crippen molar-refractivity contribution in [2.45, 2.75) is 25.8 Å². The van der Waals surface area contributed by atoms with Crippen LogP contribution in [0.15, 0.2) is 48.5 Å². The Morgan fingerprint density at radius 3 is 2.64 bits per heavy atom. The van der Waals surface area contributed by atoms with Gasteiger partial charge in [0.05, 0.1) is 26.2 Å².